The van der Waals surface area contributed by atoms with Gasteiger partial charge in [-0.15, -0.1) is 0 Å². The number of rotatable bonds is 7. The number of benzene rings is 2. The Labute approximate surface area is 177 Å². The summed E-state index contributed by atoms with van der Waals surface area (Å²) in [6.45, 7) is 0.733. The molecule has 0 spiro atoms. The lowest BCUT2D eigenvalue weighted by Gasteiger charge is -2.11. The highest BCUT2D eigenvalue weighted by molar-refractivity contribution is 5.96. The number of ether oxygens (including phenoxy) is 1. The highest BCUT2D eigenvalue weighted by Crippen LogP contribution is 2.28. The fourth-order valence-electron chi connectivity index (χ4n) is 3.31. The number of para-hydroxylation sites is 1. The van der Waals surface area contributed by atoms with Gasteiger partial charge in [-0.05, 0) is 30.9 Å². The predicted molar refractivity (Wildman–Crippen MR) is 115 cm³/mol. The minimum absolute atomic E-state index is 0.0478. The van der Waals surface area contributed by atoms with Gasteiger partial charge >= 0.3 is 0 Å². The van der Waals surface area contributed by atoms with Crippen LogP contribution >= 0.6 is 0 Å². The van der Waals surface area contributed by atoms with E-state index < -0.39 is 0 Å². The van der Waals surface area contributed by atoms with Crippen LogP contribution < -0.4 is 15.6 Å². The first-order valence-electron chi connectivity index (χ1n) is 10.2. The van der Waals surface area contributed by atoms with Crippen molar-refractivity contribution >= 4 is 11.7 Å². The third kappa shape index (κ3) is 4.18. The summed E-state index contributed by atoms with van der Waals surface area (Å²) in [6, 6.07) is 18.0. The molecular weight excluding hydrogens is 394 g/mol. The molecular formula is C23H21N5O3. The lowest BCUT2D eigenvalue weighted by atomic mass is 10.2. The van der Waals surface area contributed by atoms with Crippen molar-refractivity contribution in [2.45, 2.75) is 19.4 Å². The maximum atomic E-state index is 12.5. The van der Waals surface area contributed by atoms with Crippen molar-refractivity contribution < 1.29 is 9.53 Å². The molecule has 2 N–H and O–H groups in total. The summed E-state index contributed by atoms with van der Waals surface area (Å²) in [7, 11) is 0. The number of amides is 1. The van der Waals surface area contributed by atoms with Gasteiger partial charge in [-0.1, -0.05) is 42.5 Å². The van der Waals surface area contributed by atoms with E-state index in [1.807, 2.05) is 30.3 Å². The third-order valence-corrected chi connectivity index (χ3v) is 5.19. The number of fused-ring (bicyclic) bond motifs is 1. The van der Waals surface area contributed by atoms with Crippen LogP contribution in [0.25, 0.3) is 17.2 Å². The molecule has 1 aliphatic carbocycles. The quantitative estimate of drug-likeness (QED) is 0.483. The van der Waals surface area contributed by atoms with Gasteiger partial charge in [0.2, 0.25) is 0 Å². The first-order chi connectivity index (χ1) is 15.2. The number of aromatic amines is 1. The Balaban J connectivity index is 1.35. The molecule has 31 heavy (non-hydrogen) atoms. The van der Waals surface area contributed by atoms with E-state index in [1.54, 1.807) is 24.3 Å². The highest BCUT2D eigenvalue weighted by Gasteiger charge is 2.22. The zero-order valence-corrected chi connectivity index (χ0v) is 16.7. The van der Waals surface area contributed by atoms with Crippen LogP contribution in [0.4, 0.5) is 0 Å². The monoisotopic (exact) mass is 415 g/mol. The highest BCUT2D eigenvalue weighted by atomic mass is 16.5. The molecule has 5 rings (SSSR count). The Morgan fingerprint density at radius 1 is 1.10 bits per heavy atom. The number of carbonyl (C=O) groups is 1. The summed E-state index contributed by atoms with van der Waals surface area (Å²) in [5.74, 6) is 1.70. The molecule has 0 bridgehead atoms. The first kappa shape index (κ1) is 19.0. The van der Waals surface area contributed by atoms with Crippen molar-refractivity contribution in [3.8, 4) is 17.1 Å². The normalized spacial score (nSPS) is 13.3. The van der Waals surface area contributed by atoms with Gasteiger partial charge in [0.05, 0.1) is 11.3 Å². The van der Waals surface area contributed by atoms with E-state index in [0.29, 0.717) is 35.3 Å². The third-order valence-electron chi connectivity index (χ3n) is 5.19. The lowest BCUT2D eigenvalue weighted by Crippen LogP contribution is -2.26. The fourth-order valence-corrected chi connectivity index (χ4v) is 3.31. The molecule has 1 fully saturated rings. The van der Waals surface area contributed by atoms with Gasteiger partial charge in [0.25, 0.3) is 17.2 Å². The van der Waals surface area contributed by atoms with Gasteiger partial charge in [-0.25, -0.2) is 4.98 Å². The Hall–Kier alpha value is -3.94. The molecule has 0 radical (unpaired) electrons. The van der Waals surface area contributed by atoms with Crippen LogP contribution in [0.5, 0.6) is 5.75 Å². The fraction of sp³-hybridized carbons (Fsp3) is 0.217. The van der Waals surface area contributed by atoms with Crippen LogP contribution in [0.15, 0.2) is 65.5 Å². The predicted octanol–water partition coefficient (Wildman–Crippen LogP) is 2.80. The Morgan fingerprint density at radius 2 is 1.87 bits per heavy atom. The molecule has 1 saturated carbocycles. The van der Waals surface area contributed by atoms with Gasteiger partial charge in [0.15, 0.2) is 5.82 Å². The maximum absolute atomic E-state index is 12.5. The molecule has 156 valence electrons. The van der Waals surface area contributed by atoms with Crippen molar-refractivity contribution in [2.75, 3.05) is 6.54 Å². The maximum Gasteiger partial charge on any atom is 0.274 e. The van der Waals surface area contributed by atoms with Crippen LogP contribution in [0.3, 0.4) is 0 Å². The molecule has 2 heterocycles. The minimum Gasteiger partial charge on any atom is -0.486 e. The van der Waals surface area contributed by atoms with E-state index in [2.05, 4.69) is 20.4 Å². The molecule has 0 aliphatic heterocycles. The van der Waals surface area contributed by atoms with Crippen molar-refractivity contribution in [3.05, 3.63) is 82.3 Å². The van der Waals surface area contributed by atoms with E-state index in [-0.39, 0.29) is 23.9 Å². The van der Waals surface area contributed by atoms with Gasteiger partial charge in [-0.2, -0.15) is 9.50 Å². The van der Waals surface area contributed by atoms with Crippen LogP contribution in [-0.2, 0) is 6.61 Å². The second kappa shape index (κ2) is 8.06. The second-order valence-corrected chi connectivity index (χ2v) is 7.60. The van der Waals surface area contributed by atoms with Gasteiger partial charge < -0.3 is 10.1 Å². The Kier molecular flexibility index (Phi) is 4.95. The topological polar surface area (TPSA) is 101 Å². The SMILES string of the molecule is O=C(NCC1CC1)c1ccccc1OCc1cc(=O)n2[nH]c(-c3ccccc3)nc2n1. The molecule has 2 aromatic heterocycles. The second-order valence-electron chi connectivity index (χ2n) is 7.60. The van der Waals surface area contributed by atoms with E-state index >= 15 is 0 Å². The summed E-state index contributed by atoms with van der Waals surface area (Å²) in [6.07, 6.45) is 2.34. The molecule has 0 atom stereocenters. The largest absolute Gasteiger partial charge is 0.486 e. The summed E-state index contributed by atoms with van der Waals surface area (Å²) in [5, 5.41) is 5.92. The summed E-state index contributed by atoms with van der Waals surface area (Å²) in [5.41, 5.74) is 1.47. The van der Waals surface area contributed by atoms with Crippen LogP contribution in [0, 0.1) is 5.92 Å². The number of carbonyl (C=O) groups excluding carboxylic acids is 1. The molecule has 8 heteroatoms. The van der Waals surface area contributed by atoms with Gasteiger partial charge in [-0.3, -0.25) is 14.7 Å². The van der Waals surface area contributed by atoms with E-state index in [1.165, 1.54) is 23.4 Å². The summed E-state index contributed by atoms with van der Waals surface area (Å²) < 4.78 is 7.15. The van der Waals surface area contributed by atoms with Crippen molar-refractivity contribution in [2.24, 2.45) is 5.92 Å². The zero-order valence-electron chi connectivity index (χ0n) is 16.7. The molecule has 1 amide bonds. The summed E-state index contributed by atoms with van der Waals surface area (Å²) >= 11 is 0. The molecule has 4 aromatic rings. The summed E-state index contributed by atoms with van der Waals surface area (Å²) in [4.78, 5) is 33.9. The zero-order chi connectivity index (χ0) is 21.2. The van der Waals surface area contributed by atoms with Crippen LogP contribution in [-0.4, -0.2) is 32.0 Å². The van der Waals surface area contributed by atoms with Crippen molar-refractivity contribution in [3.63, 3.8) is 0 Å². The van der Waals surface area contributed by atoms with Gasteiger partial charge in [0.1, 0.15) is 12.4 Å². The Morgan fingerprint density at radius 3 is 2.68 bits per heavy atom. The number of hydrogen-bond acceptors (Lipinski definition) is 5. The average molecular weight is 415 g/mol. The smallest absolute Gasteiger partial charge is 0.274 e. The lowest BCUT2D eigenvalue weighted by molar-refractivity contribution is 0.0947. The molecule has 0 saturated heterocycles. The van der Waals surface area contributed by atoms with Crippen LogP contribution in [0.1, 0.15) is 28.9 Å². The van der Waals surface area contributed by atoms with Crippen molar-refractivity contribution in [1.29, 1.82) is 0 Å². The number of H-pyrrole nitrogens is 1. The minimum atomic E-state index is -0.284. The van der Waals surface area contributed by atoms with E-state index in [0.717, 1.165) is 5.56 Å². The number of aromatic nitrogens is 4. The molecule has 2 aromatic carbocycles. The Bertz CT molecular complexity index is 1290. The average Bonchev–Trinajstić information content (AvgIpc) is 3.53. The molecule has 8 nitrogen and oxygen atoms in total. The van der Waals surface area contributed by atoms with Crippen molar-refractivity contribution in [1.82, 2.24) is 24.9 Å². The van der Waals surface area contributed by atoms with E-state index in [9.17, 15) is 9.59 Å². The number of nitrogens with one attached hydrogen (secondary N) is 2. The molecule has 1 aliphatic rings. The first-order valence-corrected chi connectivity index (χ1v) is 10.2. The standard InChI is InChI=1S/C23H21N5O3/c29-20-12-17(25-23-26-21(27-28(20)23)16-6-2-1-3-7-16)14-31-19-9-5-4-8-18(19)22(30)24-13-15-10-11-15/h1-9,12,15H,10-11,13-14H2,(H,24,30)(H,25,26,27). The van der Waals surface area contributed by atoms with Crippen LogP contribution in [0.2, 0.25) is 0 Å². The van der Waals surface area contributed by atoms with E-state index in [4.69, 9.17) is 4.74 Å². The number of nitrogens with zero attached hydrogens (tertiary/aromatic N) is 3. The van der Waals surface area contributed by atoms with Gasteiger partial charge in [0, 0.05) is 18.2 Å². The molecule has 0 unspecified atom stereocenters. The number of hydrogen-bond donors (Lipinski definition) is 2.